The van der Waals surface area contributed by atoms with E-state index in [1.807, 2.05) is 0 Å². The summed E-state index contributed by atoms with van der Waals surface area (Å²) in [6, 6.07) is 5.98. The molecule has 0 saturated carbocycles. The Morgan fingerprint density at radius 1 is 1.43 bits per heavy atom. The number of benzene rings is 1. The smallest absolute Gasteiger partial charge is 0.258 e. The molecule has 4 nitrogen and oxygen atoms in total. The molecule has 1 amide bonds. The van der Waals surface area contributed by atoms with Gasteiger partial charge in [0, 0.05) is 16.8 Å². The van der Waals surface area contributed by atoms with E-state index in [4.69, 9.17) is 16.7 Å². The SMILES string of the molecule is O=C(Nc1cc(Cl)ccc1C#CCO)c1ccncc1F. The summed E-state index contributed by atoms with van der Waals surface area (Å²) in [4.78, 5) is 15.6. The summed E-state index contributed by atoms with van der Waals surface area (Å²) in [6.07, 6.45) is 2.28. The number of carbonyl (C=O) groups excluding carboxylic acids is 1. The van der Waals surface area contributed by atoms with E-state index in [1.54, 1.807) is 12.1 Å². The van der Waals surface area contributed by atoms with Crippen molar-refractivity contribution in [2.45, 2.75) is 0 Å². The Morgan fingerprint density at radius 3 is 2.95 bits per heavy atom. The molecule has 2 N–H and O–H groups in total. The molecule has 1 heterocycles. The lowest BCUT2D eigenvalue weighted by molar-refractivity contribution is 0.102. The number of aromatic nitrogens is 1. The van der Waals surface area contributed by atoms with Crippen molar-refractivity contribution in [3.8, 4) is 11.8 Å². The molecule has 1 aromatic carbocycles. The number of carbonyl (C=O) groups is 1. The summed E-state index contributed by atoms with van der Waals surface area (Å²) in [5.41, 5.74) is 0.673. The van der Waals surface area contributed by atoms with Gasteiger partial charge in [0.1, 0.15) is 6.61 Å². The van der Waals surface area contributed by atoms with Crippen LogP contribution in [0.25, 0.3) is 0 Å². The van der Waals surface area contributed by atoms with E-state index in [1.165, 1.54) is 18.3 Å². The van der Waals surface area contributed by atoms with Crippen molar-refractivity contribution in [2.24, 2.45) is 0 Å². The van der Waals surface area contributed by atoms with Gasteiger partial charge in [0.25, 0.3) is 5.91 Å². The van der Waals surface area contributed by atoms with Crippen LogP contribution in [0.4, 0.5) is 10.1 Å². The first-order chi connectivity index (χ1) is 10.1. The summed E-state index contributed by atoms with van der Waals surface area (Å²) in [7, 11) is 0. The topological polar surface area (TPSA) is 62.2 Å². The molecular formula is C15H10ClFN2O2. The van der Waals surface area contributed by atoms with Crippen molar-refractivity contribution in [3.63, 3.8) is 0 Å². The number of nitrogens with one attached hydrogen (secondary N) is 1. The van der Waals surface area contributed by atoms with Crippen molar-refractivity contribution in [2.75, 3.05) is 11.9 Å². The van der Waals surface area contributed by atoms with Gasteiger partial charge in [0.05, 0.1) is 17.4 Å². The number of pyridine rings is 1. The lowest BCUT2D eigenvalue weighted by Gasteiger charge is -2.08. The maximum absolute atomic E-state index is 13.5. The number of hydrogen-bond acceptors (Lipinski definition) is 3. The number of aliphatic hydroxyl groups excluding tert-OH is 1. The number of amides is 1. The summed E-state index contributed by atoms with van der Waals surface area (Å²) < 4.78 is 13.5. The molecule has 1 aromatic heterocycles. The van der Waals surface area contributed by atoms with Crippen LogP contribution in [0.15, 0.2) is 36.7 Å². The Morgan fingerprint density at radius 2 is 2.24 bits per heavy atom. The maximum atomic E-state index is 13.5. The van der Waals surface area contributed by atoms with E-state index < -0.39 is 11.7 Å². The predicted molar refractivity (Wildman–Crippen MR) is 77.6 cm³/mol. The average Bonchev–Trinajstić information content (AvgIpc) is 2.47. The summed E-state index contributed by atoms with van der Waals surface area (Å²) in [5, 5.41) is 11.7. The second-order valence-corrected chi connectivity index (χ2v) is 4.40. The first kappa shape index (κ1) is 15.0. The van der Waals surface area contributed by atoms with E-state index in [0.717, 1.165) is 6.20 Å². The quantitative estimate of drug-likeness (QED) is 0.838. The zero-order chi connectivity index (χ0) is 15.2. The van der Waals surface area contributed by atoms with Gasteiger partial charge in [-0.1, -0.05) is 23.4 Å². The van der Waals surface area contributed by atoms with Crippen LogP contribution in [0.3, 0.4) is 0 Å². The van der Waals surface area contributed by atoms with Gasteiger partial charge < -0.3 is 10.4 Å². The van der Waals surface area contributed by atoms with Crippen molar-refractivity contribution < 1.29 is 14.3 Å². The Bertz CT molecular complexity index is 738. The molecule has 21 heavy (non-hydrogen) atoms. The molecule has 2 rings (SSSR count). The van der Waals surface area contributed by atoms with Gasteiger partial charge in [-0.25, -0.2) is 4.39 Å². The minimum Gasteiger partial charge on any atom is -0.384 e. The zero-order valence-electron chi connectivity index (χ0n) is 10.7. The van der Waals surface area contributed by atoms with E-state index in [9.17, 15) is 9.18 Å². The number of halogens is 2. The molecule has 0 saturated heterocycles. The van der Waals surface area contributed by atoms with Gasteiger partial charge in [-0.2, -0.15) is 0 Å². The largest absolute Gasteiger partial charge is 0.384 e. The normalized spacial score (nSPS) is 9.67. The fraction of sp³-hybridized carbons (Fsp3) is 0.0667. The van der Waals surface area contributed by atoms with E-state index in [-0.39, 0.29) is 12.2 Å². The lowest BCUT2D eigenvalue weighted by atomic mass is 10.1. The fourth-order valence-electron chi connectivity index (χ4n) is 1.61. The highest BCUT2D eigenvalue weighted by Gasteiger charge is 2.13. The molecule has 0 fully saturated rings. The molecule has 2 aromatic rings. The average molecular weight is 305 g/mol. The Hall–Kier alpha value is -2.42. The van der Waals surface area contributed by atoms with Gasteiger partial charge >= 0.3 is 0 Å². The monoisotopic (exact) mass is 304 g/mol. The van der Waals surface area contributed by atoms with Crippen LogP contribution in [0.2, 0.25) is 5.02 Å². The number of hydrogen-bond donors (Lipinski definition) is 2. The first-order valence-electron chi connectivity index (χ1n) is 5.92. The molecule has 0 aliphatic carbocycles. The molecule has 0 radical (unpaired) electrons. The van der Waals surface area contributed by atoms with Gasteiger partial charge in [0.15, 0.2) is 5.82 Å². The van der Waals surface area contributed by atoms with E-state index in [2.05, 4.69) is 22.1 Å². The van der Waals surface area contributed by atoms with Crippen molar-refractivity contribution in [3.05, 3.63) is 58.6 Å². The van der Waals surface area contributed by atoms with Crippen molar-refractivity contribution >= 4 is 23.2 Å². The maximum Gasteiger partial charge on any atom is 0.258 e. The zero-order valence-corrected chi connectivity index (χ0v) is 11.5. The molecular weight excluding hydrogens is 295 g/mol. The molecule has 0 aliphatic heterocycles. The first-order valence-corrected chi connectivity index (χ1v) is 6.29. The van der Waals surface area contributed by atoms with Gasteiger partial charge in [-0.05, 0) is 24.3 Å². The number of rotatable bonds is 2. The minimum absolute atomic E-state index is 0.133. The molecule has 0 atom stereocenters. The third kappa shape index (κ3) is 3.78. The van der Waals surface area contributed by atoms with Crippen LogP contribution in [0.5, 0.6) is 0 Å². The second kappa shape index (κ2) is 6.84. The number of aliphatic hydroxyl groups is 1. The Kier molecular flexibility index (Phi) is 4.88. The molecule has 106 valence electrons. The summed E-state index contributed by atoms with van der Waals surface area (Å²) in [6.45, 7) is -0.311. The number of nitrogens with zero attached hydrogens (tertiary/aromatic N) is 1. The van der Waals surface area contributed by atoms with Gasteiger partial charge in [0.2, 0.25) is 0 Å². The van der Waals surface area contributed by atoms with E-state index in [0.29, 0.717) is 16.3 Å². The molecule has 0 aliphatic rings. The molecule has 6 heteroatoms. The van der Waals surface area contributed by atoms with E-state index >= 15 is 0 Å². The predicted octanol–water partition coefficient (Wildman–Crippen LogP) is 2.47. The Balaban J connectivity index is 2.33. The molecule has 0 unspecified atom stereocenters. The standard InChI is InChI=1S/C15H10ClFN2O2/c16-11-4-3-10(2-1-7-20)14(8-11)19-15(21)12-5-6-18-9-13(12)17/h3-6,8-9,20H,7H2,(H,19,21). The van der Waals surface area contributed by atoms with Crippen molar-refractivity contribution in [1.29, 1.82) is 0 Å². The molecule has 0 spiro atoms. The highest BCUT2D eigenvalue weighted by Crippen LogP contribution is 2.21. The lowest BCUT2D eigenvalue weighted by Crippen LogP contribution is -2.14. The third-order valence-electron chi connectivity index (χ3n) is 2.55. The van der Waals surface area contributed by atoms with Crippen LogP contribution >= 0.6 is 11.6 Å². The number of anilines is 1. The van der Waals surface area contributed by atoms with Gasteiger partial charge in [-0.3, -0.25) is 9.78 Å². The highest BCUT2D eigenvalue weighted by atomic mass is 35.5. The summed E-state index contributed by atoms with van der Waals surface area (Å²) >= 11 is 5.88. The third-order valence-corrected chi connectivity index (χ3v) is 2.78. The van der Waals surface area contributed by atoms with Crippen LogP contribution < -0.4 is 5.32 Å². The van der Waals surface area contributed by atoms with Gasteiger partial charge in [-0.15, -0.1) is 0 Å². The second-order valence-electron chi connectivity index (χ2n) is 3.96. The van der Waals surface area contributed by atoms with Crippen LogP contribution in [0, 0.1) is 17.7 Å². The molecule has 0 bridgehead atoms. The fourth-order valence-corrected chi connectivity index (χ4v) is 1.78. The summed E-state index contributed by atoms with van der Waals surface area (Å²) in [5.74, 6) is 3.80. The Labute approximate surface area is 125 Å². The minimum atomic E-state index is -0.722. The van der Waals surface area contributed by atoms with Crippen LogP contribution in [-0.4, -0.2) is 22.6 Å². The highest BCUT2D eigenvalue weighted by molar-refractivity contribution is 6.31. The van der Waals surface area contributed by atoms with Crippen LogP contribution in [-0.2, 0) is 0 Å². The van der Waals surface area contributed by atoms with Crippen LogP contribution in [0.1, 0.15) is 15.9 Å². The van der Waals surface area contributed by atoms with Crippen molar-refractivity contribution in [1.82, 2.24) is 4.98 Å².